The molecule has 110 valence electrons. The smallest absolute Gasteiger partial charge is 0.326 e. The maximum Gasteiger partial charge on any atom is 0.326 e. The number of aromatic nitrogens is 1. The first-order valence-electron chi connectivity index (χ1n) is 6.25. The van der Waals surface area contributed by atoms with Crippen LogP contribution in [0.4, 0.5) is 0 Å². The number of carboxylic acids is 1. The molecule has 1 rings (SSSR count). The van der Waals surface area contributed by atoms with Crippen molar-refractivity contribution >= 4 is 17.7 Å². The second kappa shape index (κ2) is 5.48. The Morgan fingerprint density at radius 2 is 1.85 bits per heavy atom. The maximum atomic E-state index is 12.2. The molecular weight excluding hydrogens is 260 g/mol. The number of amides is 1. The molecule has 0 aliphatic rings. The van der Waals surface area contributed by atoms with Gasteiger partial charge in [0.1, 0.15) is 11.7 Å². The number of hydrogen-bond acceptors (Lipinski definition) is 3. The Kier molecular flexibility index (Phi) is 4.37. The van der Waals surface area contributed by atoms with Gasteiger partial charge in [0.05, 0.1) is 0 Å². The first-order valence-corrected chi connectivity index (χ1v) is 6.25. The molecule has 0 fully saturated rings. The van der Waals surface area contributed by atoms with E-state index in [1.54, 1.807) is 34.0 Å². The standard InChI is InChI=1S/C14H20N2O4/c1-8(17)9-6-10(16(5)7-9)12(18)15-11(13(19)20)14(2,3)4/h6-7,11H,1-5H3,(H,15,18)(H,19,20)/t11-/m0/s1. The van der Waals surface area contributed by atoms with Gasteiger partial charge in [0.2, 0.25) is 0 Å². The van der Waals surface area contributed by atoms with Gasteiger partial charge >= 0.3 is 5.97 Å². The quantitative estimate of drug-likeness (QED) is 0.817. The average molecular weight is 280 g/mol. The number of rotatable bonds is 4. The van der Waals surface area contributed by atoms with E-state index in [4.69, 9.17) is 0 Å². The van der Waals surface area contributed by atoms with Crippen LogP contribution in [-0.4, -0.2) is 33.4 Å². The van der Waals surface area contributed by atoms with E-state index in [-0.39, 0.29) is 11.5 Å². The van der Waals surface area contributed by atoms with Crippen molar-refractivity contribution in [2.45, 2.75) is 33.7 Å². The first kappa shape index (κ1) is 15.9. The predicted octanol–water partition coefficient (Wildman–Crippen LogP) is 1.46. The molecule has 0 unspecified atom stereocenters. The molecule has 0 bridgehead atoms. The molecule has 0 saturated carbocycles. The molecule has 0 saturated heterocycles. The number of aryl methyl sites for hydroxylation is 1. The summed E-state index contributed by atoms with van der Waals surface area (Å²) in [6, 6.07) is 0.449. The van der Waals surface area contributed by atoms with Crippen molar-refractivity contribution in [3.8, 4) is 0 Å². The molecule has 2 N–H and O–H groups in total. The van der Waals surface area contributed by atoms with Crippen molar-refractivity contribution in [3.63, 3.8) is 0 Å². The fourth-order valence-electron chi connectivity index (χ4n) is 1.84. The van der Waals surface area contributed by atoms with Gasteiger partial charge in [0.15, 0.2) is 5.78 Å². The van der Waals surface area contributed by atoms with Crippen LogP contribution in [0, 0.1) is 5.41 Å². The molecule has 1 heterocycles. The maximum absolute atomic E-state index is 12.2. The van der Waals surface area contributed by atoms with Crippen LogP contribution >= 0.6 is 0 Å². The number of aliphatic carboxylic acids is 1. The highest BCUT2D eigenvalue weighted by Gasteiger charge is 2.33. The number of carbonyl (C=O) groups excluding carboxylic acids is 2. The Labute approximate surface area is 117 Å². The summed E-state index contributed by atoms with van der Waals surface area (Å²) in [6.07, 6.45) is 1.55. The van der Waals surface area contributed by atoms with E-state index in [0.717, 1.165) is 0 Å². The summed E-state index contributed by atoms with van der Waals surface area (Å²) in [4.78, 5) is 34.7. The number of hydrogen-bond donors (Lipinski definition) is 2. The zero-order valence-electron chi connectivity index (χ0n) is 12.4. The summed E-state index contributed by atoms with van der Waals surface area (Å²) in [5.74, 6) is -1.75. The molecule has 0 radical (unpaired) electrons. The summed E-state index contributed by atoms with van der Waals surface area (Å²) in [6.45, 7) is 6.61. The molecule has 1 amide bonds. The first-order chi connectivity index (χ1) is 9.04. The highest BCUT2D eigenvalue weighted by atomic mass is 16.4. The lowest BCUT2D eigenvalue weighted by molar-refractivity contribution is -0.142. The number of nitrogens with zero attached hydrogens (tertiary/aromatic N) is 1. The molecule has 1 aromatic heterocycles. The normalized spacial score (nSPS) is 12.8. The van der Waals surface area contributed by atoms with E-state index in [1.807, 2.05) is 0 Å². The van der Waals surface area contributed by atoms with Gasteiger partial charge in [-0.05, 0) is 18.4 Å². The van der Waals surface area contributed by atoms with Gasteiger partial charge in [-0.2, -0.15) is 0 Å². The van der Waals surface area contributed by atoms with Crippen LogP contribution in [0.15, 0.2) is 12.3 Å². The van der Waals surface area contributed by atoms with E-state index in [9.17, 15) is 19.5 Å². The van der Waals surface area contributed by atoms with E-state index in [0.29, 0.717) is 5.56 Å². The fourth-order valence-corrected chi connectivity index (χ4v) is 1.84. The summed E-state index contributed by atoms with van der Waals surface area (Å²) in [5, 5.41) is 11.7. The van der Waals surface area contributed by atoms with Crippen molar-refractivity contribution < 1.29 is 19.5 Å². The molecule has 1 atom stereocenters. The number of nitrogens with one attached hydrogen (secondary N) is 1. The minimum Gasteiger partial charge on any atom is -0.480 e. The van der Waals surface area contributed by atoms with E-state index >= 15 is 0 Å². The minimum atomic E-state index is -1.09. The lowest BCUT2D eigenvalue weighted by Gasteiger charge is -2.27. The second-order valence-electron chi connectivity index (χ2n) is 5.89. The molecule has 20 heavy (non-hydrogen) atoms. The zero-order chi connectivity index (χ0) is 15.7. The number of ketones is 1. The molecule has 0 spiro atoms. The van der Waals surface area contributed by atoms with Crippen molar-refractivity contribution in [1.82, 2.24) is 9.88 Å². The third kappa shape index (κ3) is 3.46. The summed E-state index contributed by atoms with van der Waals surface area (Å²) >= 11 is 0. The van der Waals surface area contributed by atoms with Gasteiger partial charge in [0.25, 0.3) is 5.91 Å². The Hall–Kier alpha value is -2.11. The topological polar surface area (TPSA) is 88.4 Å². The molecule has 0 aliphatic heterocycles. The molecule has 0 aliphatic carbocycles. The van der Waals surface area contributed by atoms with Crippen LogP contribution < -0.4 is 5.32 Å². The molecule has 1 aromatic rings. The molecular formula is C14H20N2O4. The van der Waals surface area contributed by atoms with Crippen LogP contribution in [0.2, 0.25) is 0 Å². The monoisotopic (exact) mass is 280 g/mol. The van der Waals surface area contributed by atoms with Crippen molar-refractivity contribution in [2.75, 3.05) is 0 Å². The number of carboxylic acid groups (broad SMARTS) is 1. The summed E-state index contributed by atoms with van der Waals surface area (Å²) in [5.41, 5.74) is 0.0572. The van der Waals surface area contributed by atoms with E-state index in [1.165, 1.54) is 17.6 Å². The van der Waals surface area contributed by atoms with Crippen LogP contribution in [0.3, 0.4) is 0 Å². The summed E-state index contributed by atoms with van der Waals surface area (Å²) in [7, 11) is 1.63. The van der Waals surface area contributed by atoms with Crippen LogP contribution in [0.25, 0.3) is 0 Å². The third-order valence-corrected chi connectivity index (χ3v) is 3.03. The van der Waals surface area contributed by atoms with Gasteiger partial charge in [-0.3, -0.25) is 9.59 Å². The fraction of sp³-hybridized carbons (Fsp3) is 0.500. The second-order valence-corrected chi connectivity index (χ2v) is 5.89. The number of Topliss-reactive ketones (excluding diaryl/α,β-unsaturated/α-hetero) is 1. The number of carbonyl (C=O) groups is 3. The van der Waals surface area contributed by atoms with Gasteiger partial charge in [-0.15, -0.1) is 0 Å². The Bertz CT molecular complexity index is 552. The largest absolute Gasteiger partial charge is 0.480 e. The Morgan fingerprint density at radius 3 is 2.20 bits per heavy atom. The minimum absolute atomic E-state index is 0.148. The van der Waals surface area contributed by atoms with Gasteiger partial charge in [-0.25, -0.2) is 4.79 Å². The van der Waals surface area contributed by atoms with Crippen molar-refractivity contribution in [3.05, 3.63) is 23.5 Å². The van der Waals surface area contributed by atoms with Crippen molar-refractivity contribution in [1.29, 1.82) is 0 Å². The van der Waals surface area contributed by atoms with Gasteiger partial charge < -0.3 is 15.0 Å². The third-order valence-electron chi connectivity index (χ3n) is 3.03. The average Bonchev–Trinajstić information content (AvgIpc) is 2.66. The van der Waals surface area contributed by atoms with Gasteiger partial charge in [0, 0.05) is 18.8 Å². The highest BCUT2D eigenvalue weighted by molar-refractivity contribution is 6.00. The molecule has 6 heteroatoms. The molecule has 0 aromatic carbocycles. The van der Waals surface area contributed by atoms with E-state index < -0.39 is 23.3 Å². The van der Waals surface area contributed by atoms with Gasteiger partial charge in [-0.1, -0.05) is 20.8 Å². The van der Waals surface area contributed by atoms with Crippen LogP contribution in [0.1, 0.15) is 48.5 Å². The Balaban J connectivity index is 3.01. The lowest BCUT2D eigenvalue weighted by Crippen LogP contribution is -2.49. The van der Waals surface area contributed by atoms with E-state index in [2.05, 4.69) is 5.32 Å². The SMILES string of the molecule is CC(=O)c1cc(C(=O)N[C@@H](C(=O)O)C(C)(C)C)n(C)c1. The Morgan fingerprint density at radius 1 is 1.30 bits per heavy atom. The summed E-state index contributed by atoms with van der Waals surface area (Å²) < 4.78 is 1.51. The zero-order valence-corrected chi connectivity index (χ0v) is 12.4. The van der Waals surface area contributed by atoms with Crippen LogP contribution in [0.5, 0.6) is 0 Å². The van der Waals surface area contributed by atoms with Crippen molar-refractivity contribution in [2.24, 2.45) is 12.5 Å². The lowest BCUT2D eigenvalue weighted by atomic mass is 9.86. The molecule has 6 nitrogen and oxygen atoms in total. The highest BCUT2D eigenvalue weighted by Crippen LogP contribution is 2.20. The van der Waals surface area contributed by atoms with Crippen LogP contribution in [-0.2, 0) is 11.8 Å². The predicted molar refractivity (Wildman–Crippen MR) is 73.8 cm³/mol.